The predicted octanol–water partition coefficient (Wildman–Crippen LogP) is 4.17. The van der Waals surface area contributed by atoms with E-state index in [0.29, 0.717) is 0 Å². The minimum absolute atomic E-state index is 0.0328. The largest absolute Gasteiger partial charge is 0.449 e. The van der Waals surface area contributed by atoms with E-state index >= 15 is 0 Å². The molecule has 1 heterocycles. The van der Waals surface area contributed by atoms with Crippen LogP contribution in [-0.2, 0) is 9.53 Å². The zero-order valence-electron chi connectivity index (χ0n) is 13.2. The van der Waals surface area contributed by atoms with Crippen LogP contribution in [0.15, 0.2) is 36.5 Å². The highest BCUT2D eigenvalue weighted by atomic mass is 35.5. The lowest BCUT2D eigenvalue weighted by Crippen LogP contribution is -2.30. The Morgan fingerprint density at radius 3 is 2.58 bits per heavy atom. The van der Waals surface area contributed by atoms with Gasteiger partial charge in [-0.25, -0.2) is 9.78 Å². The van der Waals surface area contributed by atoms with E-state index in [1.807, 2.05) is 0 Å². The van der Waals surface area contributed by atoms with Crippen LogP contribution in [0.25, 0.3) is 0 Å². The van der Waals surface area contributed by atoms with Crippen molar-refractivity contribution in [2.75, 3.05) is 5.32 Å². The average molecular weight is 405 g/mol. The smallest absolute Gasteiger partial charge is 0.387 e. The quantitative estimate of drug-likeness (QED) is 0.730. The number of pyridine rings is 1. The molecule has 10 heteroatoms. The van der Waals surface area contributed by atoms with Gasteiger partial charge in [0.1, 0.15) is 11.3 Å². The minimum Gasteiger partial charge on any atom is -0.449 e. The second-order valence-electron chi connectivity index (χ2n) is 4.90. The summed E-state index contributed by atoms with van der Waals surface area (Å²) >= 11 is 11.6. The Morgan fingerprint density at radius 2 is 1.92 bits per heavy atom. The molecule has 2 aromatic rings. The van der Waals surface area contributed by atoms with Crippen molar-refractivity contribution in [3.63, 3.8) is 0 Å². The molecule has 0 aliphatic rings. The molecule has 0 bridgehead atoms. The number of anilines is 1. The van der Waals surface area contributed by atoms with Gasteiger partial charge in [-0.1, -0.05) is 35.3 Å². The summed E-state index contributed by atoms with van der Waals surface area (Å²) in [5.41, 5.74) is -0.241. The van der Waals surface area contributed by atoms with Gasteiger partial charge in [0.05, 0.1) is 10.0 Å². The highest BCUT2D eigenvalue weighted by Gasteiger charge is 2.23. The highest BCUT2D eigenvalue weighted by Crippen LogP contribution is 2.24. The standard InChI is InChI=1S/C16H12Cl2F2N2O4/c1-8(14(23)22-13-11(18)6-9(17)7-21-13)25-15(24)10-4-2-3-5-12(10)26-16(19)20/h2-8,16H,1H3,(H,21,22,23)/t8-/m0/s1. The van der Waals surface area contributed by atoms with Crippen LogP contribution in [0.3, 0.4) is 0 Å². The summed E-state index contributed by atoms with van der Waals surface area (Å²) in [4.78, 5) is 28.1. The molecular weight excluding hydrogens is 393 g/mol. The number of rotatable bonds is 6. The van der Waals surface area contributed by atoms with E-state index in [1.165, 1.54) is 43.5 Å². The fraction of sp³-hybridized carbons (Fsp3) is 0.188. The number of amides is 1. The number of halogens is 4. The molecule has 6 nitrogen and oxygen atoms in total. The summed E-state index contributed by atoms with van der Waals surface area (Å²) in [7, 11) is 0. The zero-order chi connectivity index (χ0) is 19.3. The number of nitrogens with one attached hydrogen (secondary N) is 1. The molecule has 26 heavy (non-hydrogen) atoms. The van der Waals surface area contributed by atoms with Crippen molar-refractivity contribution in [3.05, 3.63) is 52.1 Å². The maximum atomic E-state index is 12.4. The molecule has 1 aromatic carbocycles. The van der Waals surface area contributed by atoms with Crippen LogP contribution < -0.4 is 10.1 Å². The molecule has 1 aromatic heterocycles. The second-order valence-corrected chi connectivity index (χ2v) is 5.74. The summed E-state index contributed by atoms with van der Waals surface area (Å²) in [6, 6.07) is 6.66. The van der Waals surface area contributed by atoms with E-state index in [0.717, 1.165) is 0 Å². The van der Waals surface area contributed by atoms with Gasteiger partial charge in [0.15, 0.2) is 11.9 Å². The van der Waals surface area contributed by atoms with Crippen LogP contribution in [0.5, 0.6) is 5.75 Å². The Bertz CT molecular complexity index is 821. The van der Waals surface area contributed by atoms with Gasteiger partial charge < -0.3 is 14.8 Å². The molecule has 1 amide bonds. The number of carbonyl (C=O) groups excluding carboxylic acids is 2. The van der Waals surface area contributed by atoms with Crippen LogP contribution in [0.2, 0.25) is 10.0 Å². The molecule has 1 atom stereocenters. The molecule has 0 aliphatic heterocycles. The van der Waals surface area contributed by atoms with Crippen LogP contribution >= 0.6 is 23.2 Å². The van der Waals surface area contributed by atoms with Crippen molar-refractivity contribution < 1.29 is 27.8 Å². The predicted molar refractivity (Wildman–Crippen MR) is 90.8 cm³/mol. The first-order chi connectivity index (χ1) is 12.3. The van der Waals surface area contributed by atoms with Crippen LogP contribution in [0.4, 0.5) is 14.6 Å². The lowest BCUT2D eigenvalue weighted by Gasteiger charge is -2.15. The number of nitrogens with zero attached hydrogens (tertiary/aromatic N) is 1. The number of alkyl halides is 2. The normalized spacial score (nSPS) is 11.8. The van der Waals surface area contributed by atoms with E-state index in [1.54, 1.807) is 0 Å². The molecule has 0 spiro atoms. The number of esters is 1. The maximum Gasteiger partial charge on any atom is 0.387 e. The van der Waals surface area contributed by atoms with Gasteiger partial charge in [0, 0.05) is 6.20 Å². The van der Waals surface area contributed by atoms with Gasteiger partial charge >= 0.3 is 12.6 Å². The lowest BCUT2D eigenvalue weighted by molar-refractivity contribution is -0.123. The van der Waals surface area contributed by atoms with Gasteiger partial charge in [-0.05, 0) is 25.1 Å². The van der Waals surface area contributed by atoms with Crippen molar-refractivity contribution in [2.45, 2.75) is 19.6 Å². The topological polar surface area (TPSA) is 77.5 Å². The van der Waals surface area contributed by atoms with Gasteiger partial charge in [-0.2, -0.15) is 8.78 Å². The summed E-state index contributed by atoms with van der Waals surface area (Å²) in [6.45, 7) is -1.81. The van der Waals surface area contributed by atoms with E-state index in [-0.39, 0.29) is 27.2 Å². The molecule has 0 radical (unpaired) electrons. The molecule has 138 valence electrons. The van der Waals surface area contributed by atoms with Crippen molar-refractivity contribution in [1.82, 2.24) is 4.98 Å². The third-order valence-electron chi connectivity index (χ3n) is 3.03. The van der Waals surface area contributed by atoms with E-state index in [9.17, 15) is 18.4 Å². The number of carbonyl (C=O) groups is 2. The SMILES string of the molecule is C[C@H](OC(=O)c1ccccc1OC(F)F)C(=O)Nc1ncc(Cl)cc1Cl. The van der Waals surface area contributed by atoms with Gasteiger partial charge in [0.25, 0.3) is 5.91 Å². The summed E-state index contributed by atoms with van der Waals surface area (Å²) < 4.78 is 34.0. The first-order valence-electron chi connectivity index (χ1n) is 7.14. The maximum absolute atomic E-state index is 12.4. The van der Waals surface area contributed by atoms with Crippen molar-refractivity contribution >= 4 is 40.9 Å². The number of hydrogen-bond acceptors (Lipinski definition) is 5. The summed E-state index contributed by atoms with van der Waals surface area (Å²) in [6.07, 6.45) is 0.0214. The van der Waals surface area contributed by atoms with Crippen LogP contribution in [-0.4, -0.2) is 29.6 Å². The molecule has 0 fully saturated rings. The Labute approximate surface area is 157 Å². The fourth-order valence-electron chi connectivity index (χ4n) is 1.84. The molecule has 0 saturated carbocycles. The van der Waals surface area contributed by atoms with Crippen molar-refractivity contribution in [1.29, 1.82) is 0 Å². The monoisotopic (exact) mass is 404 g/mol. The Kier molecular flexibility index (Phi) is 6.70. The highest BCUT2D eigenvalue weighted by molar-refractivity contribution is 6.36. The number of benzene rings is 1. The average Bonchev–Trinajstić information content (AvgIpc) is 2.57. The third kappa shape index (κ3) is 5.27. The third-order valence-corrected chi connectivity index (χ3v) is 3.52. The Hall–Kier alpha value is -2.45. The summed E-state index contributed by atoms with van der Waals surface area (Å²) in [5.74, 6) is -2.05. The number of para-hydroxylation sites is 1. The number of aromatic nitrogens is 1. The van der Waals surface area contributed by atoms with E-state index < -0.39 is 24.6 Å². The minimum atomic E-state index is -3.11. The lowest BCUT2D eigenvalue weighted by atomic mass is 10.2. The van der Waals surface area contributed by atoms with Crippen LogP contribution in [0, 0.1) is 0 Å². The Morgan fingerprint density at radius 1 is 1.23 bits per heavy atom. The van der Waals surface area contributed by atoms with Gasteiger partial charge in [-0.15, -0.1) is 0 Å². The van der Waals surface area contributed by atoms with Crippen LogP contribution in [0.1, 0.15) is 17.3 Å². The van der Waals surface area contributed by atoms with Gasteiger partial charge in [-0.3, -0.25) is 4.79 Å². The molecule has 0 unspecified atom stereocenters. The zero-order valence-corrected chi connectivity index (χ0v) is 14.7. The molecule has 1 N–H and O–H groups in total. The van der Waals surface area contributed by atoms with E-state index in [4.69, 9.17) is 27.9 Å². The van der Waals surface area contributed by atoms with Crippen molar-refractivity contribution in [2.24, 2.45) is 0 Å². The van der Waals surface area contributed by atoms with E-state index in [2.05, 4.69) is 15.0 Å². The second kappa shape index (κ2) is 8.77. The first-order valence-corrected chi connectivity index (χ1v) is 7.90. The fourth-order valence-corrected chi connectivity index (χ4v) is 2.26. The molecule has 0 aliphatic carbocycles. The number of hydrogen-bond donors (Lipinski definition) is 1. The summed E-state index contributed by atoms with van der Waals surface area (Å²) in [5, 5.41) is 2.75. The van der Waals surface area contributed by atoms with Crippen molar-refractivity contribution in [3.8, 4) is 5.75 Å². The molecule has 0 saturated heterocycles. The Balaban J connectivity index is 2.06. The number of ether oxygens (including phenoxy) is 2. The van der Waals surface area contributed by atoms with Gasteiger partial charge in [0.2, 0.25) is 0 Å². The molecular formula is C16H12Cl2F2N2O4. The first kappa shape index (κ1) is 19.9. The molecule has 2 rings (SSSR count).